The summed E-state index contributed by atoms with van der Waals surface area (Å²) in [4.78, 5) is 10.1. The molecular formula is C25H26F6N6O. The lowest BCUT2D eigenvalue weighted by atomic mass is 9.41. The minimum atomic E-state index is -4.51. The maximum atomic E-state index is 13.2. The smallest absolute Gasteiger partial charge is 0.433 e. The van der Waals surface area contributed by atoms with Crippen molar-refractivity contribution < 1.29 is 31.1 Å². The summed E-state index contributed by atoms with van der Waals surface area (Å²) in [7, 11) is 0. The summed E-state index contributed by atoms with van der Waals surface area (Å²) in [6, 6.07) is 5.87. The molecule has 2 aliphatic carbocycles. The molecule has 3 aromatic rings. The van der Waals surface area contributed by atoms with Crippen LogP contribution in [0.5, 0.6) is 5.88 Å². The molecule has 7 nitrogen and oxygen atoms in total. The van der Waals surface area contributed by atoms with Gasteiger partial charge < -0.3 is 15.0 Å². The molecule has 1 N–H and O–H groups in total. The topological polar surface area (TPSA) is 67.6 Å². The number of anilines is 2. The number of fused-ring (bicyclic) bond motifs is 1. The summed E-state index contributed by atoms with van der Waals surface area (Å²) in [5.74, 6) is 0.792. The van der Waals surface area contributed by atoms with Crippen molar-refractivity contribution in [2.24, 2.45) is 17.3 Å². The van der Waals surface area contributed by atoms with Crippen molar-refractivity contribution in [2.75, 3.05) is 29.9 Å². The molecule has 0 bridgehead atoms. The van der Waals surface area contributed by atoms with Crippen molar-refractivity contribution in [3.8, 4) is 5.88 Å². The Hall–Kier alpha value is -3.25. The third-order valence-electron chi connectivity index (χ3n) is 8.35. The van der Waals surface area contributed by atoms with Gasteiger partial charge in [-0.1, -0.05) is 13.8 Å². The standard InChI is InChI=1S/C25H26F6N6O/c1-13(2)15-3-4-19(38-12-24(26,27)28)37-21(15)34-22(35-37)33-20-16-5-7-23(16)11-36(10-17(20)23)14-6-8-32-18(9-14)25(29,30)31/h3-4,6,8-9,13,16-17,20H,5,7,10-12H2,1-2H3,(H,33,35)/t16-,17-,20+,23?/m0/s1. The molecule has 13 heteroatoms. The average molecular weight is 541 g/mol. The number of pyridine rings is 2. The number of nitrogens with one attached hydrogen (secondary N) is 1. The second-order valence-electron chi connectivity index (χ2n) is 10.8. The Labute approximate surface area is 214 Å². The highest BCUT2D eigenvalue weighted by atomic mass is 19.4. The van der Waals surface area contributed by atoms with Gasteiger partial charge in [-0.15, -0.1) is 5.10 Å². The van der Waals surface area contributed by atoms with Gasteiger partial charge in [-0.2, -0.15) is 35.8 Å². The van der Waals surface area contributed by atoms with Crippen molar-refractivity contribution in [3.05, 3.63) is 41.7 Å². The van der Waals surface area contributed by atoms with Crippen LogP contribution in [0.2, 0.25) is 0 Å². The predicted octanol–water partition coefficient (Wildman–Crippen LogP) is 5.53. The number of nitrogens with zero attached hydrogens (tertiary/aromatic N) is 5. The molecule has 0 radical (unpaired) electrons. The van der Waals surface area contributed by atoms with Crippen LogP contribution in [0.4, 0.5) is 38.0 Å². The molecule has 3 fully saturated rings. The van der Waals surface area contributed by atoms with Gasteiger partial charge in [0.05, 0.1) is 0 Å². The molecule has 6 rings (SSSR count). The molecule has 0 aromatic carbocycles. The molecule has 204 valence electrons. The van der Waals surface area contributed by atoms with Gasteiger partial charge in [0.1, 0.15) is 5.69 Å². The van der Waals surface area contributed by atoms with E-state index in [9.17, 15) is 26.3 Å². The molecule has 1 saturated heterocycles. The van der Waals surface area contributed by atoms with Gasteiger partial charge in [0.2, 0.25) is 11.8 Å². The normalized spacial score (nSPS) is 26.7. The molecule has 1 aliphatic heterocycles. The maximum Gasteiger partial charge on any atom is 0.433 e. The van der Waals surface area contributed by atoms with E-state index in [1.807, 2.05) is 18.7 Å². The average Bonchev–Trinajstić information content (AvgIpc) is 3.42. The highest BCUT2D eigenvalue weighted by molar-refractivity contribution is 5.56. The van der Waals surface area contributed by atoms with E-state index < -0.39 is 24.7 Å². The molecule has 4 heterocycles. The van der Waals surface area contributed by atoms with Crippen LogP contribution in [0, 0.1) is 17.3 Å². The zero-order valence-electron chi connectivity index (χ0n) is 20.6. The van der Waals surface area contributed by atoms with Crippen LogP contribution >= 0.6 is 0 Å². The van der Waals surface area contributed by atoms with Crippen LogP contribution in [-0.4, -0.2) is 51.5 Å². The zero-order valence-corrected chi connectivity index (χ0v) is 20.6. The quantitative estimate of drug-likeness (QED) is 0.415. The van der Waals surface area contributed by atoms with Gasteiger partial charge in [0.25, 0.3) is 0 Å². The van der Waals surface area contributed by atoms with Gasteiger partial charge in [-0.3, -0.25) is 4.98 Å². The molecule has 1 unspecified atom stereocenters. The Morgan fingerprint density at radius 3 is 2.58 bits per heavy atom. The Morgan fingerprint density at radius 2 is 1.92 bits per heavy atom. The van der Waals surface area contributed by atoms with Crippen LogP contribution in [0.25, 0.3) is 5.65 Å². The molecule has 3 aromatic heterocycles. The number of hydrogen-bond donors (Lipinski definition) is 1. The van der Waals surface area contributed by atoms with Crippen LogP contribution in [0.1, 0.15) is 43.9 Å². The number of aromatic nitrogens is 4. The molecular weight excluding hydrogens is 514 g/mol. The first kappa shape index (κ1) is 25.1. The first-order chi connectivity index (χ1) is 17.9. The van der Waals surface area contributed by atoms with E-state index in [2.05, 4.69) is 20.4 Å². The number of halogens is 6. The summed E-state index contributed by atoms with van der Waals surface area (Å²) in [5, 5.41) is 7.84. The zero-order chi connectivity index (χ0) is 27.0. The van der Waals surface area contributed by atoms with Gasteiger partial charge in [-0.05, 0) is 53.9 Å². The van der Waals surface area contributed by atoms with Gasteiger partial charge >= 0.3 is 12.4 Å². The fraction of sp³-hybridized carbons (Fsp3) is 0.560. The first-order valence-corrected chi connectivity index (χ1v) is 12.5. The van der Waals surface area contributed by atoms with Crippen molar-refractivity contribution in [1.29, 1.82) is 0 Å². The van der Waals surface area contributed by atoms with E-state index in [0.717, 1.165) is 24.5 Å². The van der Waals surface area contributed by atoms with Crippen LogP contribution in [0.15, 0.2) is 30.5 Å². The largest absolute Gasteiger partial charge is 0.468 e. The lowest BCUT2D eigenvalue weighted by molar-refractivity contribution is -0.154. The van der Waals surface area contributed by atoms with E-state index in [-0.39, 0.29) is 29.2 Å². The summed E-state index contributed by atoms with van der Waals surface area (Å²) < 4.78 is 84.3. The van der Waals surface area contributed by atoms with E-state index in [1.165, 1.54) is 16.8 Å². The summed E-state index contributed by atoms with van der Waals surface area (Å²) >= 11 is 0. The van der Waals surface area contributed by atoms with Crippen molar-refractivity contribution in [3.63, 3.8) is 0 Å². The Morgan fingerprint density at radius 1 is 1.13 bits per heavy atom. The second-order valence-corrected chi connectivity index (χ2v) is 10.8. The third-order valence-corrected chi connectivity index (χ3v) is 8.35. The van der Waals surface area contributed by atoms with Gasteiger partial charge in [0, 0.05) is 43.0 Å². The first-order valence-electron chi connectivity index (χ1n) is 12.5. The minimum absolute atomic E-state index is 0.0112. The molecule has 3 aliphatic rings. The fourth-order valence-electron chi connectivity index (χ4n) is 6.52. The maximum absolute atomic E-state index is 13.2. The summed E-state index contributed by atoms with van der Waals surface area (Å²) in [5.41, 5.74) is 0.861. The Balaban J connectivity index is 1.24. The van der Waals surface area contributed by atoms with Crippen LogP contribution < -0.4 is 15.0 Å². The SMILES string of the molecule is CC(C)c1ccc(OCC(F)(F)F)n2nc(N[C@@H]3[C@@H]4CCC45CN(c4ccnc(C(F)(F)F)c4)C[C@@H]35)nc12. The van der Waals surface area contributed by atoms with Crippen LogP contribution in [-0.2, 0) is 6.18 Å². The number of rotatable bonds is 6. The molecule has 1 spiro atoms. The lowest BCUT2D eigenvalue weighted by Crippen LogP contribution is -2.68. The second kappa shape index (κ2) is 8.37. The van der Waals surface area contributed by atoms with Gasteiger partial charge in [-0.25, -0.2) is 0 Å². The highest BCUT2D eigenvalue weighted by Crippen LogP contribution is 2.68. The van der Waals surface area contributed by atoms with Crippen molar-refractivity contribution >= 4 is 17.3 Å². The van der Waals surface area contributed by atoms with E-state index in [1.54, 1.807) is 12.1 Å². The third kappa shape index (κ3) is 4.01. The Bertz CT molecular complexity index is 1370. The molecule has 0 amide bonds. The van der Waals surface area contributed by atoms with Crippen LogP contribution in [0.3, 0.4) is 0 Å². The van der Waals surface area contributed by atoms with Crippen molar-refractivity contribution in [2.45, 2.75) is 51.0 Å². The predicted molar refractivity (Wildman–Crippen MR) is 126 cm³/mol. The number of hydrogen-bond acceptors (Lipinski definition) is 6. The lowest BCUT2D eigenvalue weighted by Gasteiger charge is -2.65. The number of alkyl halides is 6. The number of ether oxygens (including phenoxy) is 1. The van der Waals surface area contributed by atoms with E-state index in [4.69, 9.17) is 4.74 Å². The van der Waals surface area contributed by atoms with E-state index in [0.29, 0.717) is 36.3 Å². The summed E-state index contributed by atoms with van der Waals surface area (Å²) in [6.45, 7) is 3.73. The fourth-order valence-corrected chi connectivity index (χ4v) is 6.52. The highest BCUT2D eigenvalue weighted by Gasteiger charge is 2.70. The van der Waals surface area contributed by atoms with Crippen molar-refractivity contribution in [1.82, 2.24) is 19.6 Å². The molecule has 4 atom stereocenters. The molecule has 38 heavy (non-hydrogen) atoms. The summed E-state index contributed by atoms with van der Waals surface area (Å²) in [6.07, 6.45) is -5.83. The minimum Gasteiger partial charge on any atom is -0.468 e. The van der Waals surface area contributed by atoms with Gasteiger partial charge in [0.15, 0.2) is 12.3 Å². The van der Waals surface area contributed by atoms with E-state index >= 15 is 0 Å². The monoisotopic (exact) mass is 540 g/mol. The molecule has 2 saturated carbocycles. The Kier molecular flexibility index (Phi) is 5.52.